The maximum atomic E-state index is 12.6. The summed E-state index contributed by atoms with van der Waals surface area (Å²) in [6, 6.07) is 0. The Kier molecular flexibility index (Phi) is 7.17. The summed E-state index contributed by atoms with van der Waals surface area (Å²) in [5.74, 6) is 0.550. The number of carbonyl (C=O) groups is 2. The Morgan fingerprint density at radius 3 is 2.62 bits per heavy atom. The third-order valence-corrected chi connectivity index (χ3v) is 6.10. The summed E-state index contributed by atoms with van der Waals surface area (Å²) in [7, 11) is 3.34. The minimum atomic E-state index is -0.345. The molecule has 0 spiro atoms. The van der Waals surface area contributed by atoms with Gasteiger partial charge in [0.1, 0.15) is 5.37 Å². The van der Waals surface area contributed by atoms with Gasteiger partial charge in [-0.2, -0.15) is 0 Å². The Morgan fingerprint density at radius 1 is 1.31 bits per heavy atom. The third kappa shape index (κ3) is 4.26. The van der Waals surface area contributed by atoms with Crippen LogP contribution in [0, 0.1) is 13.8 Å². The van der Waals surface area contributed by atoms with Crippen molar-refractivity contribution in [2.24, 2.45) is 7.05 Å². The van der Waals surface area contributed by atoms with Crippen LogP contribution in [0.3, 0.4) is 0 Å². The van der Waals surface area contributed by atoms with Crippen molar-refractivity contribution in [1.29, 1.82) is 0 Å². The summed E-state index contributed by atoms with van der Waals surface area (Å²) >= 11 is 1.71. The van der Waals surface area contributed by atoms with E-state index in [1.165, 1.54) is 7.11 Å². The highest BCUT2D eigenvalue weighted by atomic mass is 32.2. The van der Waals surface area contributed by atoms with Gasteiger partial charge in [-0.3, -0.25) is 4.79 Å². The van der Waals surface area contributed by atoms with Crippen molar-refractivity contribution < 1.29 is 19.1 Å². The Hall–Kier alpha value is -1.47. The number of hydrogen-bond acceptors (Lipinski definition) is 5. The minimum Gasteiger partial charge on any atom is -0.465 e. The van der Waals surface area contributed by atoms with Gasteiger partial charge in [-0.05, 0) is 34.1 Å². The van der Waals surface area contributed by atoms with Crippen molar-refractivity contribution in [3.63, 3.8) is 0 Å². The fourth-order valence-electron chi connectivity index (χ4n) is 3.29. The molecule has 0 radical (unpaired) electrons. The zero-order valence-electron chi connectivity index (χ0n) is 16.6. The quantitative estimate of drug-likeness (QED) is 0.535. The van der Waals surface area contributed by atoms with Gasteiger partial charge in [-0.15, -0.1) is 11.8 Å². The van der Waals surface area contributed by atoms with Crippen LogP contribution in [-0.2, 0) is 21.3 Å². The van der Waals surface area contributed by atoms with Crippen LogP contribution in [0.4, 0.5) is 0 Å². The number of ether oxygens (including phenoxy) is 2. The van der Waals surface area contributed by atoms with Crippen molar-refractivity contribution in [3.8, 4) is 0 Å². The van der Waals surface area contributed by atoms with E-state index in [9.17, 15) is 9.59 Å². The Bertz CT molecular complexity index is 669. The van der Waals surface area contributed by atoms with Crippen LogP contribution < -0.4 is 0 Å². The molecular formula is C19H30N2O4S. The summed E-state index contributed by atoms with van der Waals surface area (Å²) < 4.78 is 12.6. The highest BCUT2D eigenvalue weighted by Crippen LogP contribution is 2.42. The summed E-state index contributed by atoms with van der Waals surface area (Å²) in [5, 5.41) is -0.163. The maximum Gasteiger partial charge on any atom is 0.340 e. The predicted octanol–water partition coefficient (Wildman–Crippen LogP) is 3.21. The highest BCUT2D eigenvalue weighted by Gasteiger charge is 2.36. The monoisotopic (exact) mass is 382 g/mol. The Labute approximate surface area is 160 Å². The van der Waals surface area contributed by atoms with E-state index in [4.69, 9.17) is 9.47 Å². The molecule has 1 fully saturated rings. The van der Waals surface area contributed by atoms with Gasteiger partial charge in [0.2, 0.25) is 5.91 Å². The van der Waals surface area contributed by atoms with Crippen molar-refractivity contribution >= 4 is 23.6 Å². The van der Waals surface area contributed by atoms with Crippen LogP contribution in [0.25, 0.3) is 0 Å². The number of rotatable bonds is 7. The lowest BCUT2D eigenvalue weighted by molar-refractivity contribution is -0.132. The van der Waals surface area contributed by atoms with E-state index < -0.39 is 0 Å². The van der Waals surface area contributed by atoms with Gasteiger partial charge < -0.3 is 18.9 Å². The zero-order chi connectivity index (χ0) is 19.4. The lowest BCUT2D eigenvalue weighted by Crippen LogP contribution is -2.39. The van der Waals surface area contributed by atoms with Gasteiger partial charge in [-0.25, -0.2) is 4.79 Å². The molecule has 1 saturated heterocycles. The van der Waals surface area contributed by atoms with E-state index in [2.05, 4.69) is 0 Å². The molecule has 1 aliphatic heterocycles. The number of carbonyl (C=O) groups excluding carboxylic acids is 2. The number of hydrogen-bond donors (Lipinski definition) is 0. The lowest BCUT2D eigenvalue weighted by atomic mass is 10.1. The SMILES string of the molecule is COC(=O)c1c(C2SCCC(=O)N2CCCOC(C)C)c(C)n(C)c1C. The van der Waals surface area contributed by atoms with Gasteiger partial charge in [0.05, 0.1) is 18.8 Å². The second-order valence-corrected chi connectivity index (χ2v) is 8.03. The molecule has 0 aliphatic carbocycles. The molecule has 1 atom stereocenters. The fourth-order valence-corrected chi connectivity index (χ4v) is 4.67. The number of methoxy groups -OCH3 is 1. The van der Waals surface area contributed by atoms with E-state index in [1.54, 1.807) is 11.8 Å². The van der Waals surface area contributed by atoms with Crippen LogP contribution in [-0.4, -0.2) is 53.5 Å². The lowest BCUT2D eigenvalue weighted by Gasteiger charge is -2.36. The van der Waals surface area contributed by atoms with Crippen molar-refractivity contribution in [1.82, 2.24) is 9.47 Å². The number of thioether (sulfide) groups is 1. The largest absolute Gasteiger partial charge is 0.465 e. The second kappa shape index (κ2) is 8.95. The molecule has 1 amide bonds. The Morgan fingerprint density at radius 2 is 2.00 bits per heavy atom. The normalized spacial score (nSPS) is 17.9. The average molecular weight is 383 g/mol. The van der Waals surface area contributed by atoms with Crippen LogP contribution in [0.2, 0.25) is 0 Å². The first-order chi connectivity index (χ1) is 12.3. The molecule has 0 saturated carbocycles. The van der Waals surface area contributed by atoms with E-state index in [-0.39, 0.29) is 23.4 Å². The number of nitrogens with zero attached hydrogens (tertiary/aromatic N) is 2. The number of esters is 1. The minimum absolute atomic E-state index is 0.134. The fraction of sp³-hybridized carbons (Fsp3) is 0.684. The molecule has 0 aromatic carbocycles. The molecular weight excluding hydrogens is 352 g/mol. The topological polar surface area (TPSA) is 60.8 Å². The standard InChI is InChI=1S/C19H30N2O4S/c1-12(2)25-10-7-9-21-15(22)8-11-26-18(21)16-13(3)20(5)14(4)17(16)19(23)24-6/h12,18H,7-11H2,1-6H3. The molecule has 2 heterocycles. The maximum absolute atomic E-state index is 12.6. The van der Waals surface area contributed by atoms with Gasteiger partial charge in [0.15, 0.2) is 0 Å². The van der Waals surface area contributed by atoms with E-state index in [0.717, 1.165) is 29.1 Å². The van der Waals surface area contributed by atoms with Crippen LogP contribution in [0.1, 0.15) is 59.4 Å². The van der Waals surface area contributed by atoms with Crippen LogP contribution >= 0.6 is 11.8 Å². The van der Waals surface area contributed by atoms with E-state index >= 15 is 0 Å². The molecule has 2 rings (SSSR count). The summed E-state index contributed by atoms with van der Waals surface area (Å²) in [6.07, 6.45) is 1.49. The van der Waals surface area contributed by atoms with Crippen molar-refractivity contribution in [3.05, 3.63) is 22.5 Å². The molecule has 1 aliphatic rings. The molecule has 1 aromatic heterocycles. The highest BCUT2D eigenvalue weighted by molar-refractivity contribution is 7.99. The van der Waals surface area contributed by atoms with Gasteiger partial charge >= 0.3 is 5.97 Å². The smallest absolute Gasteiger partial charge is 0.340 e. The zero-order valence-corrected chi connectivity index (χ0v) is 17.4. The first kappa shape index (κ1) is 20.8. The average Bonchev–Trinajstić information content (AvgIpc) is 2.83. The molecule has 0 N–H and O–H groups in total. The van der Waals surface area contributed by atoms with E-state index in [1.807, 2.05) is 44.2 Å². The molecule has 1 unspecified atom stereocenters. The van der Waals surface area contributed by atoms with Crippen LogP contribution in [0.15, 0.2) is 0 Å². The molecule has 146 valence electrons. The molecule has 6 nitrogen and oxygen atoms in total. The first-order valence-electron chi connectivity index (χ1n) is 9.06. The first-order valence-corrected chi connectivity index (χ1v) is 10.1. The predicted molar refractivity (Wildman–Crippen MR) is 103 cm³/mol. The van der Waals surface area contributed by atoms with Gasteiger partial charge in [0.25, 0.3) is 0 Å². The number of aromatic nitrogens is 1. The second-order valence-electron chi connectivity index (χ2n) is 6.84. The summed E-state index contributed by atoms with van der Waals surface area (Å²) in [4.78, 5) is 26.9. The van der Waals surface area contributed by atoms with Gasteiger partial charge in [0, 0.05) is 49.3 Å². The summed E-state index contributed by atoms with van der Waals surface area (Å²) in [5.41, 5.74) is 3.35. The van der Waals surface area contributed by atoms with E-state index in [0.29, 0.717) is 25.1 Å². The van der Waals surface area contributed by atoms with Crippen molar-refractivity contribution in [2.75, 3.05) is 26.0 Å². The molecule has 1 aromatic rings. The third-order valence-electron chi connectivity index (χ3n) is 4.85. The van der Waals surface area contributed by atoms with Crippen molar-refractivity contribution in [2.45, 2.75) is 52.0 Å². The summed E-state index contributed by atoms with van der Waals surface area (Å²) in [6.45, 7) is 9.16. The van der Waals surface area contributed by atoms with Gasteiger partial charge in [-0.1, -0.05) is 0 Å². The Balaban J connectivity index is 2.33. The number of amides is 1. The molecule has 7 heteroatoms. The molecule has 26 heavy (non-hydrogen) atoms. The molecule has 0 bridgehead atoms. The van der Waals surface area contributed by atoms with Crippen LogP contribution in [0.5, 0.6) is 0 Å².